The van der Waals surface area contributed by atoms with Gasteiger partial charge in [-0.25, -0.2) is 0 Å². The molecule has 0 amide bonds. The maximum absolute atomic E-state index is 11.0. The van der Waals surface area contributed by atoms with E-state index >= 15 is 0 Å². The van der Waals surface area contributed by atoms with E-state index in [1.54, 1.807) is 0 Å². The number of nitrogens with one attached hydrogen (secondary N) is 1. The molecule has 3 aromatic rings. The molecule has 0 saturated carbocycles. The minimum atomic E-state index is -0.329. The van der Waals surface area contributed by atoms with Gasteiger partial charge in [0.2, 0.25) is 6.29 Å². The SMILES string of the molecule is Cc1cc(COc2ccc3c(c2)CCNC3[C]=O)c2ccccc2n1. The molecule has 0 saturated heterocycles. The molecule has 1 atom stereocenters. The largest absolute Gasteiger partial charge is 0.489 e. The van der Waals surface area contributed by atoms with Crippen molar-refractivity contribution < 1.29 is 9.53 Å². The second kappa shape index (κ2) is 6.65. The van der Waals surface area contributed by atoms with Crippen LogP contribution in [0.3, 0.4) is 0 Å². The first-order valence-electron chi connectivity index (χ1n) is 8.46. The van der Waals surface area contributed by atoms with E-state index in [1.807, 2.05) is 43.3 Å². The standard InChI is InChI=1S/C21H19N2O2/c1-14-10-16(18-4-2-3-5-20(18)23-14)13-25-17-6-7-19-15(11-17)8-9-22-21(19)12-24/h2-7,10-11,21-22H,8-9,13H2,1H3. The Balaban J connectivity index is 1.59. The van der Waals surface area contributed by atoms with Crippen molar-refractivity contribution in [2.75, 3.05) is 6.54 Å². The van der Waals surface area contributed by atoms with Gasteiger partial charge in [0.25, 0.3) is 0 Å². The highest BCUT2D eigenvalue weighted by Crippen LogP contribution is 2.27. The molecule has 2 heterocycles. The second-order valence-corrected chi connectivity index (χ2v) is 6.34. The summed E-state index contributed by atoms with van der Waals surface area (Å²) in [6, 6.07) is 15.8. The van der Waals surface area contributed by atoms with Gasteiger partial charge in [0.15, 0.2) is 0 Å². The lowest BCUT2D eigenvalue weighted by molar-refractivity contribution is 0.307. The van der Waals surface area contributed by atoms with Crippen LogP contribution in [0.4, 0.5) is 0 Å². The van der Waals surface area contributed by atoms with Crippen LogP contribution in [0.25, 0.3) is 10.9 Å². The predicted molar refractivity (Wildman–Crippen MR) is 97.4 cm³/mol. The van der Waals surface area contributed by atoms with Gasteiger partial charge in [-0.15, -0.1) is 0 Å². The number of aromatic nitrogens is 1. The van der Waals surface area contributed by atoms with Crippen molar-refractivity contribution in [3.63, 3.8) is 0 Å². The minimum Gasteiger partial charge on any atom is -0.489 e. The number of hydrogen-bond donors (Lipinski definition) is 1. The Hall–Kier alpha value is -2.72. The van der Waals surface area contributed by atoms with Crippen LogP contribution in [0.2, 0.25) is 0 Å². The average Bonchev–Trinajstić information content (AvgIpc) is 2.65. The maximum atomic E-state index is 11.0. The Kier molecular flexibility index (Phi) is 4.20. The maximum Gasteiger partial charge on any atom is 0.221 e. The number of ether oxygens (including phenoxy) is 1. The lowest BCUT2D eigenvalue weighted by Gasteiger charge is -2.23. The van der Waals surface area contributed by atoms with E-state index in [2.05, 4.69) is 28.7 Å². The van der Waals surface area contributed by atoms with Crippen LogP contribution in [0.1, 0.15) is 28.4 Å². The summed E-state index contributed by atoms with van der Waals surface area (Å²) < 4.78 is 6.04. The van der Waals surface area contributed by atoms with Crippen LogP contribution >= 0.6 is 0 Å². The molecule has 2 aromatic carbocycles. The van der Waals surface area contributed by atoms with E-state index in [0.29, 0.717) is 6.61 Å². The number of benzene rings is 2. The quantitative estimate of drug-likeness (QED) is 0.796. The summed E-state index contributed by atoms with van der Waals surface area (Å²) >= 11 is 0. The van der Waals surface area contributed by atoms with Gasteiger partial charge >= 0.3 is 0 Å². The molecule has 4 nitrogen and oxygen atoms in total. The van der Waals surface area contributed by atoms with E-state index in [0.717, 1.165) is 52.0 Å². The van der Waals surface area contributed by atoms with Crippen LogP contribution in [0.5, 0.6) is 5.75 Å². The topological polar surface area (TPSA) is 51.2 Å². The first-order chi connectivity index (χ1) is 12.2. The first-order valence-corrected chi connectivity index (χ1v) is 8.46. The van der Waals surface area contributed by atoms with Gasteiger partial charge in [0, 0.05) is 23.2 Å². The number of hydrogen-bond acceptors (Lipinski definition) is 4. The Morgan fingerprint density at radius 2 is 2.12 bits per heavy atom. The first kappa shape index (κ1) is 15.8. The highest BCUT2D eigenvalue weighted by atomic mass is 16.5. The molecule has 4 heteroatoms. The number of rotatable bonds is 4. The smallest absolute Gasteiger partial charge is 0.221 e. The Morgan fingerprint density at radius 3 is 3.00 bits per heavy atom. The number of nitrogens with zero attached hydrogens (tertiary/aromatic N) is 1. The number of pyridine rings is 1. The summed E-state index contributed by atoms with van der Waals surface area (Å²) in [6.45, 7) is 3.27. The van der Waals surface area contributed by atoms with Crippen molar-refractivity contribution in [1.82, 2.24) is 10.3 Å². The summed E-state index contributed by atoms with van der Waals surface area (Å²) in [5.41, 5.74) is 5.25. The second-order valence-electron chi connectivity index (χ2n) is 6.34. The summed E-state index contributed by atoms with van der Waals surface area (Å²) in [4.78, 5) is 15.6. The van der Waals surface area contributed by atoms with Crippen molar-refractivity contribution in [3.8, 4) is 5.75 Å². The van der Waals surface area contributed by atoms with Crippen molar-refractivity contribution >= 4 is 17.2 Å². The molecule has 1 unspecified atom stereocenters. The van der Waals surface area contributed by atoms with Gasteiger partial charge in [-0.1, -0.05) is 24.3 Å². The highest BCUT2D eigenvalue weighted by Gasteiger charge is 2.20. The van der Waals surface area contributed by atoms with Gasteiger partial charge in [-0.05, 0) is 48.7 Å². The van der Waals surface area contributed by atoms with Gasteiger partial charge in [0.1, 0.15) is 12.4 Å². The van der Waals surface area contributed by atoms with Gasteiger partial charge < -0.3 is 10.1 Å². The summed E-state index contributed by atoms with van der Waals surface area (Å²) in [5, 5.41) is 4.27. The molecule has 1 aliphatic heterocycles. The summed E-state index contributed by atoms with van der Waals surface area (Å²) in [6.07, 6.45) is 2.95. The molecule has 25 heavy (non-hydrogen) atoms. The van der Waals surface area contributed by atoms with Gasteiger partial charge in [0.05, 0.1) is 11.6 Å². The Morgan fingerprint density at radius 1 is 1.24 bits per heavy atom. The predicted octanol–water partition coefficient (Wildman–Crippen LogP) is 3.42. The third kappa shape index (κ3) is 3.13. The number of aryl methyl sites for hydroxylation is 1. The van der Waals surface area contributed by atoms with Crippen LogP contribution in [0.15, 0.2) is 48.5 Å². The molecule has 0 fully saturated rings. The third-order valence-corrected chi connectivity index (χ3v) is 4.61. The zero-order valence-electron chi connectivity index (χ0n) is 14.1. The van der Waals surface area contributed by atoms with Crippen LogP contribution < -0.4 is 10.1 Å². The molecule has 0 aliphatic carbocycles. The minimum absolute atomic E-state index is 0.329. The zero-order valence-corrected chi connectivity index (χ0v) is 14.1. The molecule has 0 spiro atoms. The normalized spacial score (nSPS) is 16.4. The molecular weight excluding hydrogens is 312 g/mol. The van der Waals surface area contributed by atoms with Crippen LogP contribution in [-0.2, 0) is 17.8 Å². The fourth-order valence-electron chi connectivity index (χ4n) is 3.41. The van der Waals surface area contributed by atoms with E-state index in [-0.39, 0.29) is 6.04 Å². The lowest BCUT2D eigenvalue weighted by atomic mass is 9.95. The van der Waals surface area contributed by atoms with Crippen LogP contribution in [-0.4, -0.2) is 17.8 Å². The highest BCUT2D eigenvalue weighted by molar-refractivity contribution is 5.82. The Labute approximate surface area is 146 Å². The number of fused-ring (bicyclic) bond motifs is 2. The molecule has 0 bridgehead atoms. The zero-order chi connectivity index (χ0) is 17.2. The van der Waals surface area contributed by atoms with Crippen LogP contribution in [0, 0.1) is 6.92 Å². The number of carbonyl (C=O) groups excluding carboxylic acids is 1. The summed E-state index contributed by atoms with van der Waals surface area (Å²) in [7, 11) is 0. The Bertz CT molecular complexity index is 936. The van der Waals surface area contributed by atoms with Crippen molar-refractivity contribution in [1.29, 1.82) is 0 Å². The molecule has 125 valence electrons. The molecule has 1 N–H and O–H groups in total. The van der Waals surface area contributed by atoms with Crippen molar-refractivity contribution in [2.45, 2.75) is 26.0 Å². The van der Waals surface area contributed by atoms with Gasteiger partial charge in [-0.2, -0.15) is 0 Å². The number of para-hydroxylation sites is 1. The molecule has 1 radical (unpaired) electrons. The van der Waals surface area contributed by atoms with Crippen molar-refractivity contribution in [2.24, 2.45) is 0 Å². The molecular formula is C21H19N2O2. The van der Waals surface area contributed by atoms with E-state index < -0.39 is 0 Å². The van der Waals surface area contributed by atoms with E-state index in [9.17, 15) is 4.79 Å². The lowest BCUT2D eigenvalue weighted by Crippen LogP contribution is -2.30. The van der Waals surface area contributed by atoms with E-state index in [4.69, 9.17) is 4.74 Å². The third-order valence-electron chi connectivity index (χ3n) is 4.61. The summed E-state index contributed by atoms with van der Waals surface area (Å²) in [5.74, 6) is 0.823. The molecule has 1 aliphatic rings. The van der Waals surface area contributed by atoms with Gasteiger partial charge in [-0.3, -0.25) is 9.78 Å². The van der Waals surface area contributed by atoms with Crippen molar-refractivity contribution in [3.05, 3.63) is 70.9 Å². The monoisotopic (exact) mass is 331 g/mol. The average molecular weight is 331 g/mol. The molecule has 1 aromatic heterocycles. The fraction of sp³-hybridized carbons (Fsp3) is 0.238. The molecule has 4 rings (SSSR count). The fourth-order valence-corrected chi connectivity index (χ4v) is 3.41. The van der Waals surface area contributed by atoms with E-state index in [1.165, 1.54) is 0 Å².